The molecule has 0 atom stereocenters. The Morgan fingerprint density at radius 3 is 2.79 bits per heavy atom. The van der Waals surface area contributed by atoms with E-state index in [1.54, 1.807) is 29.3 Å². The van der Waals surface area contributed by atoms with E-state index in [4.69, 9.17) is 0 Å². The van der Waals surface area contributed by atoms with Gasteiger partial charge < -0.3 is 0 Å². The minimum atomic E-state index is -0.142. The number of nitrogens with one attached hydrogen (secondary N) is 1. The van der Waals surface area contributed by atoms with Crippen LogP contribution in [0.3, 0.4) is 0 Å². The summed E-state index contributed by atoms with van der Waals surface area (Å²) in [5.74, 6) is 0.152. The predicted molar refractivity (Wildman–Crippen MR) is 104 cm³/mol. The fourth-order valence-electron chi connectivity index (χ4n) is 1.94. The van der Waals surface area contributed by atoms with Crippen molar-refractivity contribution in [2.75, 3.05) is 12.0 Å². The third kappa shape index (κ3) is 4.59. The first kappa shape index (κ1) is 17.0. The number of amides is 1. The second-order valence-electron chi connectivity index (χ2n) is 4.80. The molecule has 7 heteroatoms. The molecule has 1 N–H and O–H groups in total. The van der Waals surface area contributed by atoms with Crippen LogP contribution in [0.1, 0.15) is 5.56 Å². The lowest BCUT2D eigenvalue weighted by Crippen LogP contribution is -2.19. The fourth-order valence-corrected chi connectivity index (χ4v) is 4.21. The molecule has 0 saturated heterocycles. The topological polar surface area (TPSA) is 54.4 Å². The fraction of sp³-hybridized carbons (Fsp3) is 0.118. The van der Waals surface area contributed by atoms with Gasteiger partial charge in [-0.15, -0.1) is 23.1 Å². The van der Waals surface area contributed by atoms with Crippen LogP contribution in [-0.4, -0.2) is 29.1 Å². The minimum Gasteiger partial charge on any atom is -0.272 e. The monoisotopic (exact) mass is 373 g/mol. The number of nitrogens with zero attached hydrogens (tertiary/aromatic N) is 2. The molecule has 3 rings (SSSR count). The highest BCUT2D eigenvalue weighted by Crippen LogP contribution is 2.28. The summed E-state index contributed by atoms with van der Waals surface area (Å²) < 4.78 is 2.02. The number of thiazole rings is 1. The molecule has 0 fully saturated rings. The Kier molecular flexibility index (Phi) is 5.90. The lowest BCUT2D eigenvalue weighted by Gasteiger charge is -1.98. The molecule has 0 spiro atoms. The van der Waals surface area contributed by atoms with Crippen molar-refractivity contribution in [1.82, 2.24) is 10.4 Å². The minimum absolute atomic E-state index is 0.142. The van der Waals surface area contributed by atoms with Crippen molar-refractivity contribution in [3.05, 3.63) is 54.1 Å². The number of carbonyl (C=O) groups excluding carboxylic acids is 1. The van der Waals surface area contributed by atoms with E-state index in [-0.39, 0.29) is 5.91 Å². The number of benzene rings is 2. The Labute approximate surface area is 152 Å². The van der Waals surface area contributed by atoms with Crippen molar-refractivity contribution >= 4 is 57.2 Å². The molecule has 0 aliphatic carbocycles. The number of thioether (sulfide) groups is 2. The molecule has 1 aromatic heterocycles. The molecular formula is C17H15N3OS3. The van der Waals surface area contributed by atoms with Crippen molar-refractivity contribution in [2.45, 2.75) is 9.24 Å². The van der Waals surface area contributed by atoms with Crippen molar-refractivity contribution in [3.63, 3.8) is 0 Å². The Bertz CT molecular complexity index is 826. The highest BCUT2D eigenvalue weighted by Gasteiger charge is 2.06. The summed E-state index contributed by atoms with van der Waals surface area (Å²) in [7, 11) is 0. The number of para-hydroxylation sites is 1. The Morgan fingerprint density at radius 2 is 2.04 bits per heavy atom. The van der Waals surface area contributed by atoms with Gasteiger partial charge in [0.25, 0.3) is 5.91 Å². The summed E-state index contributed by atoms with van der Waals surface area (Å²) in [6, 6.07) is 15.9. The molecule has 24 heavy (non-hydrogen) atoms. The third-order valence-electron chi connectivity index (χ3n) is 3.12. The molecule has 3 aromatic rings. The Morgan fingerprint density at radius 1 is 1.25 bits per heavy atom. The number of hydrogen-bond donors (Lipinski definition) is 1. The van der Waals surface area contributed by atoms with E-state index in [1.807, 2.05) is 54.8 Å². The normalized spacial score (nSPS) is 11.2. The van der Waals surface area contributed by atoms with Gasteiger partial charge in [-0.25, -0.2) is 10.4 Å². The van der Waals surface area contributed by atoms with Crippen LogP contribution >= 0.6 is 34.9 Å². The second-order valence-corrected chi connectivity index (χ2v) is 7.94. The molecule has 4 nitrogen and oxygen atoms in total. The maximum atomic E-state index is 11.9. The lowest BCUT2D eigenvalue weighted by molar-refractivity contribution is -0.118. The van der Waals surface area contributed by atoms with E-state index in [1.165, 1.54) is 16.7 Å². The summed E-state index contributed by atoms with van der Waals surface area (Å²) in [5, 5.41) is 3.99. The van der Waals surface area contributed by atoms with Gasteiger partial charge in [-0.05, 0) is 36.1 Å². The van der Waals surface area contributed by atoms with Gasteiger partial charge in [0.2, 0.25) is 0 Å². The van der Waals surface area contributed by atoms with E-state index >= 15 is 0 Å². The van der Waals surface area contributed by atoms with Crippen LogP contribution in [0.2, 0.25) is 0 Å². The van der Waals surface area contributed by atoms with E-state index in [9.17, 15) is 4.79 Å². The molecule has 0 saturated carbocycles. The predicted octanol–water partition coefficient (Wildman–Crippen LogP) is 4.26. The SMILES string of the molecule is CSc1ccc(C=NNC(=O)CSc2nc3ccccc3s2)cc1. The van der Waals surface area contributed by atoms with Gasteiger partial charge in [-0.1, -0.05) is 36.0 Å². The van der Waals surface area contributed by atoms with Gasteiger partial charge in [0.1, 0.15) is 0 Å². The van der Waals surface area contributed by atoms with Gasteiger partial charge in [0.05, 0.1) is 22.2 Å². The second kappa shape index (κ2) is 8.32. The summed E-state index contributed by atoms with van der Waals surface area (Å²) in [6.45, 7) is 0. The molecular weight excluding hydrogens is 358 g/mol. The number of fused-ring (bicyclic) bond motifs is 1. The third-order valence-corrected chi connectivity index (χ3v) is 6.04. The quantitative estimate of drug-likeness (QED) is 0.398. The van der Waals surface area contributed by atoms with Gasteiger partial charge in [-0.3, -0.25) is 4.79 Å². The van der Waals surface area contributed by atoms with Crippen LogP contribution in [0.25, 0.3) is 10.2 Å². The molecule has 2 aromatic carbocycles. The lowest BCUT2D eigenvalue weighted by atomic mass is 10.2. The maximum Gasteiger partial charge on any atom is 0.250 e. The zero-order valence-corrected chi connectivity index (χ0v) is 15.4. The molecule has 1 heterocycles. The van der Waals surface area contributed by atoms with Crippen molar-refractivity contribution in [1.29, 1.82) is 0 Å². The Balaban J connectivity index is 1.49. The molecule has 0 radical (unpaired) electrons. The van der Waals surface area contributed by atoms with Crippen LogP contribution in [0.15, 0.2) is 62.9 Å². The van der Waals surface area contributed by atoms with Crippen LogP contribution in [0.5, 0.6) is 0 Å². The first-order valence-corrected chi connectivity index (χ1v) is 10.2. The van der Waals surface area contributed by atoms with E-state index < -0.39 is 0 Å². The van der Waals surface area contributed by atoms with Crippen LogP contribution in [0, 0.1) is 0 Å². The summed E-state index contributed by atoms with van der Waals surface area (Å²) >= 11 is 4.71. The largest absolute Gasteiger partial charge is 0.272 e. The molecule has 0 bridgehead atoms. The standard InChI is InChI=1S/C17H15N3OS3/c1-22-13-8-6-12(7-9-13)10-18-20-16(21)11-23-17-19-14-4-2-3-5-15(14)24-17/h2-10H,11H2,1H3,(H,20,21). The maximum absolute atomic E-state index is 11.9. The van der Waals surface area contributed by atoms with Gasteiger partial charge in [0.15, 0.2) is 4.34 Å². The first-order chi connectivity index (χ1) is 11.7. The number of aromatic nitrogens is 1. The molecule has 0 unspecified atom stereocenters. The molecule has 0 aliphatic rings. The molecule has 0 aliphatic heterocycles. The number of carbonyl (C=O) groups is 1. The zero-order valence-electron chi connectivity index (χ0n) is 12.9. The van der Waals surface area contributed by atoms with Crippen LogP contribution in [-0.2, 0) is 4.79 Å². The number of hydrogen-bond acceptors (Lipinski definition) is 6. The highest BCUT2D eigenvalue weighted by atomic mass is 32.2. The Hall–Kier alpha value is -1.83. The number of hydrazone groups is 1. The van der Waals surface area contributed by atoms with Crippen LogP contribution in [0.4, 0.5) is 0 Å². The average molecular weight is 374 g/mol. The van der Waals surface area contributed by atoms with Gasteiger partial charge in [-0.2, -0.15) is 5.10 Å². The summed E-state index contributed by atoms with van der Waals surface area (Å²) in [4.78, 5) is 17.5. The van der Waals surface area contributed by atoms with E-state index in [0.29, 0.717) is 5.75 Å². The van der Waals surface area contributed by atoms with Crippen molar-refractivity contribution in [3.8, 4) is 0 Å². The van der Waals surface area contributed by atoms with Crippen molar-refractivity contribution < 1.29 is 4.79 Å². The smallest absolute Gasteiger partial charge is 0.250 e. The van der Waals surface area contributed by atoms with E-state index in [2.05, 4.69) is 15.5 Å². The highest BCUT2D eigenvalue weighted by molar-refractivity contribution is 8.01. The molecule has 1 amide bonds. The van der Waals surface area contributed by atoms with E-state index in [0.717, 1.165) is 20.1 Å². The number of rotatable bonds is 6. The summed E-state index contributed by atoms with van der Waals surface area (Å²) in [5.41, 5.74) is 4.47. The zero-order chi connectivity index (χ0) is 16.8. The van der Waals surface area contributed by atoms with Crippen molar-refractivity contribution in [2.24, 2.45) is 5.10 Å². The summed E-state index contributed by atoms with van der Waals surface area (Å²) in [6.07, 6.45) is 3.68. The first-order valence-electron chi connectivity index (χ1n) is 7.19. The van der Waals surface area contributed by atoms with Gasteiger partial charge >= 0.3 is 0 Å². The van der Waals surface area contributed by atoms with Crippen LogP contribution < -0.4 is 5.43 Å². The van der Waals surface area contributed by atoms with Gasteiger partial charge in [0, 0.05) is 4.90 Å². The average Bonchev–Trinajstić information content (AvgIpc) is 3.03. The molecule has 122 valence electrons.